The summed E-state index contributed by atoms with van der Waals surface area (Å²) < 4.78 is 0. The monoisotopic (exact) mass is 423 g/mol. The number of carbonyl (C=O) groups excluding carboxylic acids is 2. The summed E-state index contributed by atoms with van der Waals surface area (Å²) in [5.74, 6) is 0. The van der Waals surface area contributed by atoms with Gasteiger partial charge in [0.05, 0.1) is 0 Å². The van der Waals surface area contributed by atoms with Crippen molar-refractivity contribution < 1.29 is 36.9 Å². The van der Waals surface area contributed by atoms with Crippen molar-refractivity contribution in [3.8, 4) is 0 Å². The molecule has 153 valence electrons. The molecule has 0 saturated heterocycles. The number of rotatable bonds is 6. The number of hydrogen-bond donors (Lipinski definition) is 0. The van der Waals surface area contributed by atoms with Gasteiger partial charge in [0.1, 0.15) is 0 Å². The Bertz CT molecular complexity index is 479. The number of carboxylic acid groups (broad SMARTS) is 2. The number of aromatic nitrogens is 2. The molecular formula is C20H28CuN2O4. The van der Waals surface area contributed by atoms with E-state index in [4.69, 9.17) is 19.8 Å². The first-order valence-corrected chi connectivity index (χ1v) is 8.58. The van der Waals surface area contributed by atoms with E-state index in [1.165, 1.54) is 49.7 Å². The van der Waals surface area contributed by atoms with E-state index in [1.54, 1.807) is 0 Å². The van der Waals surface area contributed by atoms with Crippen molar-refractivity contribution in [2.45, 2.75) is 52.4 Å². The number of nitrogens with zero attached hydrogens (tertiary/aromatic N) is 2. The van der Waals surface area contributed by atoms with Gasteiger partial charge in [0.25, 0.3) is 0 Å². The van der Waals surface area contributed by atoms with Gasteiger partial charge in [0, 0.05) is 37.7 Å². The quantitative estimate of drug-likeness (QED) is 0.515. The molecule has 2 aromatic rings. The van der Waals surface area contributed by atoms with E-state index in [2.05, 4.69) is 35.9 Å². The van der Waals surface area contributed by atoms with E-state index < -0.39 is 12.9 Å². The molecule has 2 rings (SSSR count). The van der Waals surface area contributed by atoms with Crippen LogP contribution in [0.2, 0.25) is 0 Å². The second kappa shape index (κ2) is 26.0. The predicted octanol–water partition coefficient (Wildman–Crippen LogP) is 1.58. The van der Waals surface area contributed by atoms with Crippen molar-refractivity contribution in [2.75, 3.05) is 0 Å². The fourth-order valence-electron chi connectivity index (χ4n) is 1.85. The van der Waals surface area contributed by atoms with Crippen LogP contribution in [0.25, 0.3) is 0 Å². The molecule has 0 unspecified atom stereocenters. The van der Waals surface area contributed by atoms with Crippen LogP contribution in [0.15, 0.2) is 49.1 Å². The summed E-state index contributed by atoms with van der Waals surface area (Å²) in [6.07, 6.45) is 14.9. The number of hydrogen-bond acceptors (Lipinski definition) is 6. The van der Waals surface area contributed by atoms with Crippen LogP contribution < -0.4 is 10.2 Å². The fraction of sp³-hybridized carbons (Fsp3) is 0.400. The van der Waals surface area contributed by atoms with Crippen LogP contribution in [-0.2, 0) is 39.5 Å². The Balaban J connectivity index is -0.000000322. The summed E-state index contributed by atoms with van der Waals surface area (Å²) in [6.45, 7) is 3.41. The van der Waals surface area contributed by atoms with Gasteiger partial charge in [-0.05, 0) is 48.9 Å². The van der Waals surface area contributed by atoms with Gasteiger partial charge in [-0.3, -0.25) is 9.97 Å². The number of carbonyl (C=O) groups is 2. The minimum absolute atomic E-state index is 0. The Morgan fingerprint density at radius 1 is 0.815 bits per heavy atom. The molecule has 27 heavy (non-hydrogen) atoms. The van der Waals surface area contributed by atoms with Crippen LogP contribution in [0.5, 0.6) is 0 Å². The molecule has 0 N–H and O–H groups in total. The third-order valence-electron chi connectivity index (χ3n) is 3.08. The zero-order chi connectivity index (χ0) is 19.9. The molecular weight excluding hydrogens is 396 g/mol. The maximum Gasteiger partial charge on any atom is 2.00 e. The topological polar surface area (TPSA) is 106 Å². The summed E-state index contributed by atoms with van der Waals surface area (Å²) in [5, 5.41) is 16.5. The molecule has 0 aromatic carbocycles. The zero-order valence-corrected chi connectivity index (χ0v) is 16.8. The van der Waals surface area contributed by atoms with Gasteiger partial charge in [-0.2, -0.15) is 0 Å². The number of unbranched alkanes of at least 4 members (excludes halogenated alkanes) is 2. The van der Waals surface area contributed by atoms with Crippen molar-refractivity contribution in [1.29, 1.82) is 0 Å². The zero-order valence-electron chi connectivity index (χ0n) is 15.8. The average molecular weight is 424 g/mol. The van der Waals surface area contributed by atoms with Crippen LogP contribution in [0, 0.1) is 0 Å². The van der Waals surface area contributed by atoms with E-state index in [1.807, 2.05) is 36.9 Å². The van der Waals surface area contributed by atoms with Gasteiger partial charge in [-0.1, -0.05) is 38.8 Å². The number of aryl methyl sites for hydroxylation is 2. The van der Waals surface area contributed by atoms with Gasteiger partial charge >= 0.3 is 17.1 Å². The van der Waals surface area contributed by atoms with Crippen molar-refractivity contribution >= 4 is 12.9 Å². The molecule has 0 bridgehead atoms. The standard InChI is InChI=1S/2C9H13N.2CH2O2.Cu/c2*1-2-3-5-9-6-4-7-10-8-9;2*2-1-3;/h2*4,6-8H,2-3,5H2,1H3;2*1H,(H,2,3);/q;;;;+2/p-2. The van der Waals surface area contributed by atoms with E-state index in [-0.39, 0.29) is 17.1 Å². The normalized spacial score (nSPS) is 8.07. The van der Waals surface area contributed by atoms with Crippen LogP contribution in [-0.4, -0.2) is 22.9 Å². The van der Waals surface area contributed by atoms with Crippen LogP contribution >= 0.6 is 0 Å². The first kappa shape index (κ1) is 29.5. The fourth-order valence-corrected chi connectivity index (χ4v) is 1.85. The Morgan fingerprint density at radius 3 is 1.37 bits per heavy atom. The largest absolute Gasteiger partial charge is 2.00 e. The second-order valence-electron chi connectivity index (χ2n) is 5.12. The Kier molecular flexibility index (Phi) is 28.4. The summed E-state index contributed by atoms with van der Waals surface area (Å²) >= 11 is 0. The molecule has 0 atom stereocenters. The Morgan fingerprint density at radius 2 is 1.15 bits per heavy atom. The van der Waals surface area contributed by atoms with E-state index in [9.17, 15) is 0 Å². The predicted molar refractivity (Wildman–Crippen MR) is 97.8 cm³/mol. The molecule has 7 heteroatoms. The third-order valence-corrected chi connectivity index (χ3v) is 3.08. The molecule has 1 radical (unpaired) electrons. The van der Waals surface area contributed by atoms with Gasteiger partial charge in [0.2, 0.25) is 0 Å². The third kappa shape index (κ3) is 23.8. The van der Waals surface area contributed by atoms with Gasteiger partial charge in [-0.25, -0.2) is 0 Å². The van der Waals surface area contributed by atoms with Crippen LogP contribution in [0.1, 0.15) is 50.7 Å². The minimum atomic E-state index is -0.500. The van der Waals surface area contributed by atoms with E-state index >= 15 is 0 Å². The SMILES string of the molecule is CCCCc1cccnc1.CCCCc1cccnc1.O=C[O-].O=C[O-].[Cu+2]. The molecule has 0 fully saturated rings. The average Bonchev–Trinajstić information content (AvgIpc) is 2.68. The molecule has 0 saturated carbocycles. The summed E-state index contributed by atoms with van der Waals surface area (Å²) in [4.78, 5) is 24.6. The first-order valence-electron chi connectivity index (χ1n) is 8.58. The molecule has 2 heterocycles. The molecule has 0 amide bonds. The summed E-state index contributed by atoms with van der Waals surface area (Å²) in [7, 11) is 0. The van der Waals surface area contributed by atoms with Crippen LogP contribution in [0.3, 0.4) is 0 Å². The van der Waals surface area contributed by atoms with Crippen molar-refractivity contribution in [3.63, 3.8) is 0 Å². The maximum absolute atomic E-state index is 8.25. The molecule has 0 aliphatic carbocycles. The summed E-state index contributed by atoms with van der Waals surface area (Å²) in [6, 6.07) is 8.24. The van der Waals surface area contributed by atoms with Crippen molar-refractivity contribution in [1.82, 2.24) is 9.97 Å². The smallest absolute Gasteiger partial charge is 0.554 e. The Labute approximate surface area is 172 Å². The van der Waals surface area contributed by atoms with Gasteiger partial charge in [0.15, 0.2) is 0 Å². The molecule has 0 aliphatic heterocycles. The van der Waals surface area contributed by atoms with Crippen molar-refractivity contribution in [2.24, 2.45) is 0 Å². The van der Waals surface area contributed by atoms with Gasteiger partial charge in [-0.15, -0.1) is 0 Å². The summed E-state index contributed by atoms with van der Waals surface area (Å²) in [5.41, 5.74) is 2.70. The van der Waals surface area contributed by atoms with E-state index in [0.717, 1.165) is 0 Å². The minimum Gasteiger partial charge on any atom is -0.554 e. The molecule has 0 spiro atoms. The molecule has 2 aromatic heterocycles. The Hall–Kier alpha value is -2.24. The number of pyridine rings is 2. The van der Waals surface area contributed by atoms with Crippen LogP contribution in [0.4, 0.5) is 0 Å². The van der Waals surface area contributed by atoms with E-state index in [0.29, 0.717) is 0 Å². The van der Waals surface area contributed by atoms with Crippen molar-refractivity contribution in [3.05, 3.63) is 60.2 Å². The maximum atomic E-state index is 8.25. The molecule has 0 aliphatic rings. The van der Waals surface area contributed by atoms with Gasteiger partial charge < -0.3 is 19.8 Å². The first-order chi connectivity index (χ1) is 12.7. The second-order valence-corrected chi connectivity index (χ2v) is 5.12. The molecule has 6 nitrogen and oxygen atoms in total.